The van der Waals surface area contributed by atoms with Crippen molar-refractivity contribution >= 4 is 22.9 Å². The minimum Gasteiger partial charge on any atom is -0.496 e. The Morgan fingerprint density at radius 1 is 1.12 bits per heavy atom. The third-order valence-corrected chi connectivity index (χ3v) is 8.29. The third kappa shape index (κ3) is 5.12. The molecule has 2 fully saturated rings. The second-order valence-corrected chi connectivity index (χ2v) is 11.4. The fraction of sp³-hybridized carbons (Fsp3) is 0.533. The number of hydrogen-bond acceptors (Lipinski definition) is 7. The number of aromatic nitrogens is 4. The molecule has 0 amide bonds. The maximum atomic E-state index is 14.0. The van der Waals surface area contributed by atoms with E-state index in [1.165, 1.54) is 4.57 Å². The van der Waals surface area contributed by atoms with Crippen molar-refractivity contribution in [1.82, 2.24) is 18.7 Å². The van der Waals surface area contributed by atoms with Gasteiger partial charge in [-0.25, -0.2) is 4.79 Å². The van der Waals surface area contributed by atoms with Crippen LogP contribution < -0.4 is 26.6 Å². The van der Waals surface area contributed by atoms with E-state index in [-0.39, 0.29) is 24.3 Å². The maximum Gasteiger partial charge on any atom is 0.332 e. The first-order chi connectivity index (χ1) is 19.2. The van der Waals surface area contributed by atoms with E-state index < -0.39 is 11.2 Å². The Balaban J connectivity index is 1.63. The average molecular weight is 549 g/mol. The lowest BCUT2D eigenvalue weighted by molar-refractivity contribution is 0.0967. The molecule has 1 aromatic carbocycles. The van der Waals surface area contributed by atoms with Crippen LogP contribution in [0.2, 0.25) is 0 Å². The zero-order chi connectivity index (χ0) is 28.6. The number of aryl methyl sites for hydroxylation is 1. The minimum atomic E-state index is -0.565. The monoisotopic (exact) mass is 548 g/mol. The number of benzene rings is 1. The lowest BCUT2D eigenvalue weighted by atomic mass is 9.90. The lowest BCUT2D eigenvalue weighted by Gasteiger charge is -2.31. The molecule has 1 aliphatic carbocycles. The largest absolute Gasteiger partial charge is 0.496 e. The molecule has 0 radical (unpaired) electrons. The molecule has 0 spiro atoms. The topological polar surface area (TPSA) is 117 Å². The van der Waals surface area contributed by atoms with Crippen molar-refractivity contribution in [2.24, 2.45) is 12.8 Å². The van der Waals surface area contributed by atoms with Gasteiger partial charge in [0.15, 0.2) is 16.9 Å². The molecule has 1 aliphatic heterocycles. The van der Waals surface area contributed by atoms with Crippen molar-refractivity contribution in [1.29, 1.82) is 0 Å². The van der Waals surface area contributed by atoms with Crippen molar-refractivity contribution in [2.75, 3.05) is 25.1 Å². The first-order valence-electron chi connectivity index (χ1n) is 14.2. The number of carbonyl (C=O) groups excluding carboxylic acids is 1. The van der Waals surface area contributed by atoms with Crippen LogP contribution in [-0.2, 0) is 20.1 Å². The number of methoxy groups -OCH3 is 1. The fourth-order valence-corrected chi connectivity index (χ4v) is 6.21. The highest BCUT2D eigenvalue weighted by atomic mass is 16.5. The van der Waals surface area contributed by atoms with Crippen LogP contribution in [-0.4, -0.2) is 50.7 Å². The molecule has 1 saturated heterocycles. The number of piperidine rings is 1. The molecule has 1 atom stereocenters. The second-order valence-electron chi connectivity index (χ2n) is 11.4. The van der Waals surface area contributed by atoms with Gasteiger partial charge in [0.05, 0.1) is 13.7 Å². The number of nitrogens with two attached hydrogens (primary N) is 1. The van der Waals surface area contributed by atoms with E-state index in [1.54, 1.807) is 26.3 Å². The van der Waals surface area contributed by atoms with E-state index in [2.05, 4.69) is 4.90 Å². The molecule has 10 nitrogen and oxygen atoms in total. The van der Waals surface area contributed by atoms with Crippen LogP contribution in [0, 0.1) is 0 Å². The van der Waals surface area contributed by atoms with Crippen LogP contribution in [0.15, 0.2) is 39.4 Å². The van der Waals surface area contributed by atoms with Crippen LogP contribution in [0.1, 0.15) is 74.2 Å². The Bertz CT molecular complexity index is 1570. The van der Waals surface area contributed by atoms with E-state index in [0.29, 0.717) is 41.5 Å². The van der Waals surface area contributed by atoms with E-state index in [4.69, 9.17) is 15.5 Å². The van der Waals surface area contributed by atoms with E-state index in [9.17, 15) is 14.4 Å². The molecule has 1 unspecified atom stereocenters. The fourth-order valence-electron chi connectivity index (χ4n) is 6.21. The van der Waals surface area contributed by atoms with Crippen LogP contribution in [0.25, 0.3) is 11.2 Å². The Morgan fingerprint density at radius 3 is 2.55 bits per heavy atom. The summed E-state index contributed by atoms with van der Waals surface area (Å²) in [5.41, 5.74) is 8.30. The SMILES string of the molecule is COc1cccc(C(=O)Cn2c(=O)c3c(nc(N4CCCC(N)C4)n3CC=C(C)C)n(C)c2=O)c1C1CCCC1. The van der Waals surface area contributed by atoms with Gasteiger partial charge in [0.2, 0.25) is 5.95 Å². The van der Waals surface area contributed by atoms with E-state index >= 15 is 0 Å². The van der Waals surface area contributed by atoms with Gasteiger partial charge < -0.3 is 19.9 Å². The first-order valence-corrected chi connectivity index (χ1v) is 14.2. The summed E-state index contributed by atoms with van der Waals surface area (Å²) in [6.07, 6.45) is 8.07. The molecule has 10 heteroatoms. The number of allylic oxidation sites excluding steroid dienone is 2. The number of nitrogens with zero attached hydrogens (tertiary/aromatic N) is 5. The van der Waals surface area contributed by atoms with Crippen molar-refractivity contribution in [3.63, 3.8) is 0 Å². The molecular weight excluding hydrogens is 508 g/mol. The number of carbonyl (C=O) groups is 1. The Morgan fingerprint density at radius 2 is 1.88 bits per heavy atom. The zero-order valence-electron chi connectivity index (χ0n) is 24.0. The number of Topliss-reactive ketones (excluding diaryl/α,β-unsaturated/α-hetero) is 1. The maximum absolute atomic E-state index is 14.0. The number of fused-ring (bicyclic) bond motifs is 1. The molecule has 2 N–H and O–H groups in total. The van der Waals surface area contributed by atoms with Gasteiger partial charge in [0, 0.05) is 43.9 Å². The summed E-state index contributed by atoms with van der Waals surface area (Å²) in [6, 6.07) is 5.46. The quantitative estimate of drug-likeness (QED) is 0.339. The van der Waals surface area contributed by atoms with Gasteiger partial charge in [0.25, 0.3) is 5.56 Å². The van der Waals surface area contributed by atoms with Crippen molar-refractivity contribution in [3.8, 4) is 5.75 Å². The molecule has 2 aromatic heterocycles. The molecule has 0 bridgehead atoms. The van der Waals surface area contributed by atoms with Crippen LogP contribution >= 0.6 is 0 Å². The van der Waals surface area contributed by atoms with Gasteiger partial charge in [-0.2, -0.15) is 4.98 Å². The molecule has 214 valence electrons. The molecule has 40 heavy (non-hydrogen) atoms. The predicted octanol–water partition coefficient (Wildman–Crippen LogP) is 3.34. The van der Waals surface area contributed by atoms with Crippen molar-refractivity contribution in [3.05, 3.63) is 61.8 Å². The number of rotatable bonds is 8. The van der Waals surface area contributed by atoms with Gasteiger partial charge in [0.1, 0.15) is 5.75 Å². The summed E-state index contributed by atoms with van der Waals surface area (Å²) in [5.74, 6) is 1.24. The summed E-state index contributed by atoms with van der Waals surface area (Å²) in [7, 11) is 3.21. The molecule has 5 rings (SSSR count). The molecule has 3 heterocycles. The highest BCUT2D eigenvalue weighted by molar-refractivity contribution is 5.98. The highest BCUT2D eigenvalue weighted by Crippen LogP contribution is 2.40. The molecule has 3 aromatic rings. The number of anilines is 1. The highest BCUT2D eigenvalue weighted by Gasteiger charge is 2.29. The molecule has 1 saturated carbocycles. The standard InChI is InChI=1S/C30H40N6O4/c1-19(2)14-16-35-26-27(32-29(35)34-15-8-11-21(31)17-34)33(3)30(39)36(28(26)38)18-23(37)22-12-7-13-24(40-4)25(22)20-9-5-6-10-20/h7,12-14,20-21H,5-6,8-11,15-18,31H2,1-4H3. The molecule has 2 aliphatic rings. The average Bonchev–Trinajstić information content (AvgIpc) is 3.61. The smallest absolute Gasteiger partial charge is 0.332 e. The van der Waals surface area contributed by atoms with Crippen molar-refractivity contribution in [2.45, 2.75) is 77.4 Å². The van der Waals surface area contributed by atoms with Crippen LogP contribution in [0.5, 0.6) is 5.75 Å². The predicted molar refractivity (Wildman–Crippen MR) is 157 cm³/mol. The van der Waals surface area contributed by atoms with Crippen LogP contribution in [0.4, 0.5) is 5.95 Å². The summed E-state index contributed by atoms with van der Waals surface area (Å²) in [5, 5.41) is 0. The Hall–Kier alpha value is -3.66. The first kappa shape index (κ1) is 27.9. The minimum absolute atomic E-state index is 0.0143. The number of hydrogen-bond donors (Lipinski definition) is 1. The van der Waals surface area contributed by atoms with Crippen molar-refractivity contribution < 1.29 is 9.53 Å². The normalized spacial score (nSPS) is 17.9. The number of ketones is 1. The Kier molecular flexibility index (Phi) is 7.98. The summed E-state index contributed by atoms with van der Waals surface area (Å²) in [4.78, 5) is 48.2. The number of ether oxygens (including phenoxy) is 1. The summed E-state index contributed by atoms with van der Waals surface area (Å²) >= 11 is 0. The second kappa shape index (κ2) is 11.4. The van der Waals surface area contributed by atoms with E-state index in [0.717, 1.165) is 60.8 Å². The molecular formula is C30H40N6O4. The van der Waals surface area contributed by atoms with Gasteiger partial charge in [-0.1, -0.05) is 36.6 Å². The summed E-state index contributed by atoms with van der Waals surface area (Å²) < 4.78 is 9.92. The van der Waals surface area contributed by atoms with Crippen LogP contribution in [0.3, 0.4) is 0 Å². The van der Waals surface area contributed by atoms with Gasteiger partial charge in [-0.05, 0) is 51.5 Å². The summed E-state index contributed by atoms with van der Waals surface area (Å²) in [6.45, 7) is 5.45. The van der Waals surface area contributed by atoms with Gasteiger partial charge in [-0.15, -0.1) is 0 Å². The number of imidazole rings is 1. The zero-order valence-corrected chi connectivity index (χ0v) is 24.0. The Labute approximate surface area is 234 Å². The van der Waals surface area contributed by atoms with Gasteiger partial charge in [-0.3, -0.25) is 18.7 Å². The van der Waals surface area contributed by atoms with Gasteiger partial charge >= 0.3 is 5.69 Å². The van der Waals surface area contributed by atoms with E-state index in [1.807, 2.05) is 30.6 Å². The lowest BCUT2D eigenvalue weighted by Crippen LogP contribution is -2.44. The third-order valence-electron chi connectivity index (χ3n) is 8.29.